The largest absolute Gasteiger partial charge is 1.00 e. The summed E-state index contributed by atoms with van der Waals surface area (Å²) < 4.78 is 7.35. The van der Waals surface area contributed by atoms with E-state index >= 15 is 0 Å². The molecule has 1 aliphatic carbocycles. The number of ether oxygens (including phenoxy) is 1. The molecular weight excluding hydrogens is 433 g/mol. The molecule has 5 rings (SSSR count). The van der Waals surface area contributed by atoms with Crippen LogP contribution in [0.3, 0.4) is 0 Å². The Morgan fingerprint density at radius 1 is 0.941 bits per heavy atom. The molecule has 5 nitrogen and oxygen atoms in total. The van der Waals surface area contributed by atoms with Crippen LogP contribution >= 0.6 is 0 Å². The fraction of sp³-hybridized carbons (Fsp3) is 0.179. The molecule has 0 radical (unpaired) electrons. The van der Waals surface area contributed by atoms with Crippen molar-refractivity contribution in [1.82, 2.24) is 9.55 Å². The van der Waals surface area contributed by atoms with E-state index in [0.717, 1.165) is 16.7 Å². The summed E-state index contributed by atoms with van der Waals surface area (Å²) >= 11 is 0. The molecular formula is C28H26N3NaO2. The van der Waals surface area contributed by atoms with E-state index < -0.39 is 6.09 Å². The van der Waals surface area contributed by atoms with Gasteiger partial charge in [-0.2, -0.15) is 23.6 Å². The number of rotatable bonds is 6. The van der Waals surface area contributed by atoms with Crippen molar-refractivity contribution in [3.8, 4) is 22.4 Å². The average molecular weight is 460 g/mol. The van der Waals surface area contributed by atoms with Crippen LogP contribution in [0, 0.1) is 5.92 Å². The number of nitrogens with one attached hydrogen (secondary N) is 1. The van der Waals surface area contributed by atoms with Gasteiger partial charge in [0, 0.05) is 12.6 Å². The topological polar surface area (TPSA) is 56.1 Å². The first kappa shape index (κ1) is 24.1. The zero-order valence-electron chi connectivity index (χ0n) is 19.8. The number of amides is 1. The standard InChI is InChI=1S/C28H26N3O2.Na/c1-19(20-6-4-3-5-7-20)33-28(32)30-27-26(29-18-31(27)2)25-16-14-24(15-17-25)23-12-10-22(11-13-23)21-8-9-21;/h3-7,10-19H,8-9H2,1-2H3,(H,30,32);/q-1;+1/t19-;/m1./s1. The van der Waals surface area contributed by atoms with E-state index in [1.165, 1.54) is 24.0 Å². The van der Waals surface area contributed by atoms with Crippen LogP contribution in [0.4, 0.5) is 10.6 Å². The summed E-state index contributed by atoms with van der Waals surface area (Å²) in [6.45, 7) is 1.85. The van der Waals surface area contributed by atoms with E-state index in [0.29, 0.717) is 11.5 Å². The molecule has 1 N–H and O–H groups in total. The second-order valence-corrected chi connectivity index (χ2v) is 8.39. The molecule has 0 bridgehead atoms. The van der Waals surface area contributed by atoms with E-state index in [4.69, 9.17) is 4.74 Å². The maximum Gasteiger partial charge on any atom is 1.00 e. The third kappa shape index (κ3) is 5.39. The minimum atomic E-state index is -0.513. The minimum absolute atomic E-state index is 0. The van der Waals surface area contributed by atoms with Crippen LogP contribution in [0.15, 0.2) is 85.2 Å². The van der Waals surface area contributed by atoms with E-state index in [-0.39, 0.29) is 35.7 Å². The molecule has 34 heavy (non-hydrogen) atoms. The Morgan fingerprint density at radius 2 is 1.53 bits per heavy atom. The van der Waals surface area contributed by atoms with Crippen molar-refractivity contribution < 1.29 is 39.1 Å². The van der Waals surface area contributed by atoms with Crippen molar-refractivity contribution >= 4 is 11.9 Å². The Bertz CT molecular complexity index is 1250. The summed E-state index contributed by atoms with van der Waals surface area (Å²) in [4.78, 5) is 17.1. The Hall–Kier alpha value is -2.99. The third-order valence-electron chi connectivity index (χ3n) is 6.00. The predicted octanol–water partition coefficient (Wildman–Crippen LogP) is 3.78. The number of imidazole rings is 1. The van der Waals surface area contributed by atoms with Crippen molar-refractivity contribution in [3.63, 3.8) is 0 Å². The second kappa shape index (κ2) is 10.5. The molecule has 0 unspecified atom stereocenters. The molecule has 0 aliphatic heterocycles. The molecule has 3 aromatic carbocycles. The van der Waals surface area contributed by atoms with Gasteiger partial charge < -0.3 is 9.30 Å². The summed E-state index contributed by atoms with van der Waals surface area (Å²) in [6.07, 6.45) is 3.28. The van der Waals surface area contributed by atoms with E-state index in [2.05, 4.69) is 46.7 Å². The second-order valence-electron chi connectivity index (χ2n) is 8.39. The molecule has 1 atom stereocenters. The minimum Gasteiger partial charge on any atom is -0.441 e. The molecule has 1 amide bonds. The zero-order valence-corrected chi connectivity index (χ0v) is 21.8. The van der Waals surface area contributed by atoms with Crippen LogP contribution in [0.25, 0.3) is 22.4 Å². The number of nitrogens with zero attached hydrogens (tertiary/aromatic N) is 2. The number of hydrogen-bond donors (Lipinski definition) is 1. The van der Waals surface area contributed by atoms with Gasteiger partial charge in [-0.05, 0) is 23.6 Å². The summed E-state index contributed by atoms with van der Waals surface area (Å²) in [5.74, 6) is 2.14. The molecule has 1 fully saturated rings. The van der Waals surface area contributed by atoms with Gasteiger partial charge in [0.2, 0.25) is 0 Å². The van der Waals surface area contributed by atoms with E-state index in [1.807, 2.05) is 56.4 Å². The smallest absolute Gasteiger partial charge is 0.441 e. The van der Waals surface area contributed by atoms with Gasteiger partial charge in [-0.15, -0.1) is 12.1 Å². The van der Waals surface area contributed by atoms with Gasteiger partial charge in [0.1, 0.15) is 17.6 Å². The first-order valence-electron chi connectivity index (χ1n) is 11.2. The van der Waals surface area contributed by atoms with Gasteiger partial charge in [-0.3, -0.25) is 5.32 Å². The first-order valence-corrected chi connectivity index (χ1v) is 11.2. The number of carbonyl (C=O) groups is 1. The number of aryl methyl sites for hydroxylation is 1. The Labute approximate surface area is 222 Å². The molecule has 1 heterocycles. The maximum absolute atomic E-state index is 12.6. The van der Waals surface area contributed by atoms with Crippen LogP contribution in [-0.2, 0) is 11.8 Å². The van der Waals surface area contributed by atoms with E-state index in [9.17, 15) is 4.79 Å². The third-order valence-corrected chi connectivity index (χ3v) is 6.00. The normalized spacial score (nSPS) is 13.1. The van der Waals surface area contributed by atoms with Gasteiger partial charge in [0.15, 0.2) is 0 Å². The number of carbonyl (C=O) groups excluding carboxylic acids is 1. The SMILES string of the molecule is C[C@@H](OC(=O)Nc1c(-c2ccc(-c3ccc([C-]4CC4)cc3)cc2)ncn1C)c1ccccc1.[Na+]. The summed E-state index contributed by atoms with van der Waals surface area (Å²) in [5.41, 5.74) is 6.26. The van der Waals surface area contributed by atoms with Gasteiger partial charge in [0.05, 0.1) is 6.33 Å². The van der Waals surface area contributed by atoms with Crippen LogP contribution < -0.4 is 34.9 Å². The molecule has 1 aliphatic rings. The molecule has 6 heteroatoms. The van der Waals surface area contributed by atoms with Crippen LogP contribution in [0.5, 0.6) is 0 Å². The molecule has 4 aromatic rings. The Balaban J connectivity index is 0.00000274. The monoisotopic (exact) mass is 459 g/mol. The molecule has 0 spiro atoms. The first-order chi connectivity index (χ1) is 16.1. The average Bonchev–Trinajstić information content (AvgIpc) is 3.64. The predicted molar refractivity (Wildman–Crippen MR) is 131 cm³/mol. The van der Waals surface area contributed by atoms with Gasteiger partial charge in [-0.25, -0.2) is 9.78 Å². The van der Waals surface area contributed by atoms with Crippen molar-refractivity contribution in [2.24, 2.45) is 7.05 Å². The van der Waals surface area contributed by atoms with Crippen molar-refractivity contribution in [2.75, 3.05) is 5.32 Å². The van der Waals surface area contributed by atoms with Crippen LogP contribution in [0.1, 0.15) is 37.0 Å². The van der Waals surface area contributed by atoms with Gasteiger partial charge >= 0.3 is 35.7 Å². The molecule has 0 saturated heterocycles. The molecule has 166 valence electrons. The number of hydrogen-bond acceptors (Lipinski definition) is 3. The maximum atomic E-state index is 12.6. The van der Waals surface area contributed by atoms with E-state index in [1.54, 1.807) is 16.8 Å². The fourth-order valence-corrected chi connectivity index (χ4v) is 3.94. The summed E-state index contributed by atoms with van der Waals surface area (Å²) in [7, 11) is 1.85. The summed E-state index contributed by atoms with van der Waals surface area (Å²) in [6, 6.07) is 26.7. The number of aromatic nitrogens is 2. The van der Waals surface area contributed by atoms with Crippen molar-refractivity contribution in [3.05, 3.63) is 102 Å². The zero-order chi connectivity index (χ0) is 22.8. The fourth-order valence-electron chi connectivity index (χ4n) is 3.94. The quantitative estimate of drug-likeness (QED) is 0.353. The van der Waals surface area contributed by atoms with Gasteiger partial charge in [0.25, 0.3) is 0 Å². The molecule has 1 saturated carbocycles. The van der Waals surface area contributed by atoms with Crippen LogP contribution in [0.2, 0.25) is 0 Å². The summed E-state index contributed by atoms with van der Waals surface area (Å²) in [5, 5.41) is 2.86. The number of anilines is 1. The Kier molecular flexibility index (Phi) is 7.47. The van der Waals surface area contributed by atoms with Crippen molar-refractivity contribution in [1.29, 1.82) is 0 Å². The number of benzene rings is 3. The van der Waals surface area contributed by atoms with Crippen molar-refractivity contribution in [2.45, 2.75) is 25.9 Å². The van der Waals surface area contributed by atoms with Gasteiger partial charge in [-0.1, -0.05) is 67.4 Å². The Morgan fingerprint density at radius 3 is 2.15 bits per heavy atom. The molecule has 1 aromatic heterocycles. The van der Waals surface area contributed by atoms with Crippen LogP contribution in [-0.4, -0.2) is 15.6 Å².